The molecule has 166 valence electrons. The summed E-state index contributed by atoms with van der Waals surface area (Å²) in [6, 6.07) is 13.7. The second-order valence-corrected chi connectivity index (χ2v) is 7.52. The number of aromatic hydroxyl groups is 1. The maximum atomic E-state index is 13.1. The SMILES string of the molecule is Cc1cccc2nc(C(=O)Nc3nc4ccc(-c5ccc(O)c(C(F)(F)F)c5)cc4[nH]3)cn12. The summed E-state index contributed by atoms with van der Waals surface area (Å²) < 4.78 is 41.2. The number of benzene rings is 2. The summed E-state index contributed by atoms with van der Waals surface area (Å²) in [5.74, 6) is -1.10. The number of nitrogens with zero attached hydrogens (tertiary/aromatic N) is 3. The average molecular weight is 451 g/mol. The van der Waals surface area contributed by atoms with Gasteiger partial charge in [-0.3, -0.25) is 10.1 Å². The predicted octanol–water partition coefficient (Wildman–Crippen LogP) is 5.16. The number of aromatic amines is 1. The van der Waals surface area contributed by atoms with E-state index in [-0.39, 0.29) is 17.2 Å². The summed E-state index contributed by atoms with van der Waals surface area (Å²) in [7, 11) is 0. The Morgan fingerprint density at radius 1 is 1.06 bits per heavy atom. The molecule has 7 nitrogen and oxygen atoms in total. The standard InChI is InChI=1S/C23H16F3N5O2/c1-12-3-2-4-20-27-18(11-31(12)20)21(33)30-22-28-16-7-5-14(10-17(16)29-22)13-6-8-19(32)15(9-13)23(24,25)26/h2-11,32H,1H3,(H2,28,29,30,33). The first-order valence-corrected chi connectivity index (χ1v) is 9.85. The highest BCUT2D eigenvalue weighted by Gasteiger charge is 2.34. The van der Waals surface area contributed by atoms with Crippen LogP contribution in [-0.4, -0.2) is 30.4 Å². The van der Waals surface area contributed by atoms with E-state index in [1.165, 1.54) is 6.07 Å². The smallest absolute Gasteiger partial charge is 0.419 e. The topological polar surface area (TPSA) is 95.3 Å². The number of carbonyl (C=O) groups excluding carboxylic acids is 1. The van der Waals surface area contributed by atoms with Gasteiger partial charge >= 0.3 is 6.18 Å². The molecule has 0 atom stereocenters. The van der Waals surface area contributed by atoms with Gasteiger partial charge < -0.3 is 14.5 Å². The lowest BCUT2D eigenvalue weighted by Crippen LogP contribution is -2.13. The highest BCUT2D eigenvalue weighted by atomic mass is 19.4. The van der Waals surface area contributed by atoms with Crippen molar-refractivity contribution < 1.29 is 23.1 Å². The molecule has 0 unspecified atom stereocenters. The van der Waals surface area contributed by atoms with Gasteiger partial charge in [-0.1, -0.05) is 18.2 Å². The summed E-state index contributed by atoms with van der Waals surface area (Å²) in [4.78, 5) is 24.2. The minimum atomic E-state index is -4.67. The molecule has 3 aromatic heterocycles. The second kappa shape index (κ2) is 7.37. The average Bonchev–Trinajstić information content (AvgIpc) is 3.37. The molecule has 5 aromatic rings. The zero-order chi connectivity index (χ0) is 23.3. The normalized spacial score (nSPS) is 11.9. The van der Waals surface area contributed by atoms with Crippen LogP contribution in [0.15, 0.2) is 60.8 Å². The Kier molecular flexibility index (Phi) is 4.59. The summed E-state index contributed by atoms with van der Waals surface area (Å²) >= 11 is 0. The van der Waals surface area contributed by atoms with Crippen LogP contribution < -0.4 is 5.32 Å². The number of aryl methyl sites for hydroxylation is 1. The molecule has 1 amide bonds. The molecule has 0 fully saturated rings. The number of imidazole rings is 2. The van der Waals surface area contributed by atoms with Gasteiger partial charge in [-0.25, -0.2) is 9.97 Å². The van der Waals surface area contributed by atoms with Crippen LogP contribution in [0.4, 0.5) is 19.1 Å². The molecule has 3 N–H and O–H groups in total. The quantitative estimate of drug-likeness (QED) is 0.353. The summed E-state index contributed by atoms with van der Waals surface area (Å²) in [6.45, 7) is 1.90. The van der Waals surface area contributed by atoms with E-state index < -0.39 is 23.4 Å². The van der Waals surface area contributed by atoms with Gasteiger partial charge in [-0.15, -0.1) is 0 Å². The third-order valence-corrected chi connectivity index (χ3v) is 5.28. The zero-order valence-corrected chi connectivity index (χ0v) is 17.1. The number of hydrogen-bond donors (Lipinski definition) is 3. The first-order chi connectivity index (χ1) is 15.7. The minimum absolute atomic E-state index is 0.183. The van der Waals surface area contributed by atoms with Crippen LogP contribution in [0, 0.1) is 6.92 Å². The minimum Gasteiger partial charge on any atom is -0.507 e. The lowest BCUT2D eigenvalue weighted by molar-refractivity contribution is -0.138. The van der Waals surface area contributed by atoms with Gasteiger partial charge in [-0.05, 0) is 54.4 Å². The molecule has 0 aliphatic carbocycles. The highest BCUT2D eigenvalue weighted by Crippen LogP contribution is 2.38. The molecule has 0 saturated heterocycles. The first-order valence-electron chi connectivity index (χ1n) is 9.85. The Bertz CT molecular complexity index is 1530. The molecule has 33 heavy (non-hydrogen) atoms. The van der Waals surface area contributed by atoms with Crippen molar-refractivity contribution in [2.75, 3.05) is 5.32 Å². The fourth-order valence-electron chi connectivity index (χ4n) is 3.62. The third kappa shape index (κ3) is 3.75. The lowest BCUT2D eigenvalue weighted by Gasteiger charge is -2.11. The van der Waals surface area contributed by atoms with Crippen LogP contribution in [0.25, 0.3) is 27.8 Å². The molecule has 2 aromatic carbocycles. The number of H-pyrrole nitrogens is 1. The van der Waals surface area contributed by atoms with Gasteiger partial charge in [0.25, 0.3) is 5.91 Å². The molecule has 3 heterocycles. The van der Waals surface area contributed by atoms with Gasteiger partial charge in [0.2, 0.25) is 5.95 Å². The molecule has 10 heteroatoms. The molecule has 0 saturated carbocycles. The van der Waals surface area contributed by atoms with Crippen molar-refractivity contribution in [2.45, 2.75) is 13.1 Å². The number of carbonyl (C=O) groups is 1. The van der Waals surface area contributed by atoms with E-state index in [1.54, 1.807) is 34.9 Å². The second-order valence-electron chi connectivity index (χ2n) is 7.52. The van der Waals surface area contributed by atoms with Crippen molar-refractivity contribution in [3.05, 3.63) is 77.7 Å². The van der Waals surface area contributed by atoms with Gasteiger partial charge in [-0.2, -0.15) is 13.2 Å². The maximum absolute atomic E-state index is 13.1. The third-order valence-electron chi connectivity index (χ3n) is 5.28. The van der Waals surface area contributed by atoms with Crippen LogP contribution in [0.5, 0.6) is 5.75 Å². The van der Waals surface area contributed by atoms with Crippen LogP contribution >= 0.6 is 0 Å². The van der Waals surface area contributed by atoms with E-state index in [9.17, 15) is 23.1 Å². The number of alkyl halides is 3. The summed E-state index contributed by atoms with van der Waals surface area (Å²) in [5, 5.41) is 12.2. The van der Waals surface area contributed by atoms with E-state index in [4.69, 9.17) is 0 Å². The van der Waals surface area contributed by atoms with Crippen LogP contribution in [0.2, 0.25) is 0 Å². The van der Waals surface area contributed by atoms with Crippen LogP contribution in [0.3, 0.4) is 0 Å². The molecule has 0 aliphatic heterocycles. The van der Waals surface area contributed by atoms with Crippen molar-refractivity contribution in [3.8, 4) is 16.9 Å². The molecule has 0 bridgehead atoms. The van der Waals surface area contributed by atoms with Gasteiger partial charge in [0.05, 0.1) is 16.6 Å². The number of pyridine rings is 1. The number of hydrogen-bond acceptors (Lipinski definition) is 4. The Balaban J connectivity index is 1.44. The monoisotopic (exact) mass is 451 g/mol. The number of aromatic nitrogens is 4. The summed E-state index contributed by atoms with van der Waals surface area (Å²) in [6.07, 6.45) is -3.05. The number of rotatable bonds is 3. The van der Waals surface area contributed by atoms with E-state index >= 15 is 0 Å². The van der Waals surface area contributed by atoms with Gasteiger partial charge in [0.15, 0.2) is 0 Å². The Labute approximate surface area is 184 Å². The number of halogens is 3. The number of phenolic OH excluding ortho intramolecular Hbond substituents is 1. The number of nitrogens with one attached hydrogen (secondary N) is 2. The first kappa shape index (κ1) is 20.6. The fraction of sp³-hybridized carbons (Fsp3) is 0.0870. The molecule has 5 rings (SSSR count). The van der Waals surface area contributed by atoms with Crippen molar-refractivity contribution in [2.24, 2.45) is 0 Å². The lowest BCUT2D eigenvalue weighted by atomic mass is 10.0. The number of fused-ring (bicyclic) bond motifs is 2. The van der Waals surface area contributed by atoms with Crippen LogP contribution in [0.1, 0.15) is 21.7 Å². The van der Waals surface area contributed by atoms with E-state index in [0.717, 1.165) is 17.8 Å². The number of amides is 1. The highest BCUT2D eigenvalue weighted by molar-refractivity contribution is 6.03. The van der Waals surface area contributed by atoms with Crippen LogP contribution in [-0.2, 0) is 6.18 Å². The van der Waals surface area contributed by atoms with E-state index in [2.05, 4.69) is 20.3 Å². The largest absolute Gasteiger partial charge is 0.507 e. The zero-order valence-electron chi connectivity index (χ0n) is 17.1. The van der Waals surface area contributed by atoms with Crippen molar-refractivity contribution in [1.29, 1.82) is 0 Å². The Morgan fingerprint density at radius 3 is 2.58 bits per heavy atom. The van der Waals surface area contributed by atoms with E-state index in [1.807, 2.05) is 19.1 Å². The molecule has 0 aliphatic rings. The molecule has 0 spiro atoms. The molecular weight excluding hydrogens is 435 g/mol. The summed E-state index contributed by atoms with van der Waals surface area (Å²) in [5.41, 5.74) is 2.49. The van der Waals surface area contributed by atoms with Crippen molar-refractivity contribution >= 4 is 28.5 Å². The molecular formula is C23H16F3N5O2. The van der Waals surface area contributed by atoms with E-state index in [0.29, 0.717) is 22.2 Å². The van der Waals surface area contributed by atoms with Gasteiger partial charge in [0, 0.05) is 11.9 Å². The van der Waals surface area contributed by atoms with Gasteiger partial charge in [0.1, 0.15) is 17.1 Å². The van der Waals surface area contributed by atoms with Crippen molar-refractivity contribution in [1.82, 2.24) is 19.4 Å². The number of anilines is 1. The Morgan fingerprint density at radius 2 is 1.82 bits per heavy atom. The molecule has 0 radical (unpaired) electrons. The number of phenols is 1. The predicted molar refractivity (Wildman–Crippen MR) is 116 cm³/mol. The Hall–Kier alpha value is -4.34. The maximum Gasteiger partial charge on any atom is 0.419 e. The van der Waals surface area contributed by atoms with Crippen molar-refractivity contribution in [3.63, 3.8) is 0 Å². The fourth-order valence-corrected chi connectivity index (χ4v) is 3.62.